The lowest BCUT2D eigenvalue weighted by Crippen LogP contribution is -2.20. The molecule has 2 N–H and O–H groups in total. The Kier molecular flexibility index (Phi) is 4.08. The first-order chi connectivity index (χ1) is 9.75. The van der Waals surface area contributed by atoms with E-state index >= 15 is 0 Å². The summed E-state index contributed by atoms with van der Waals surface area (Å²) < 4.78 is 42.8. The quantitative estimate of drug-likeness (QED) is 0.867. The molecule has 0 aliphatic carbocycles. The summed E-state index contributed by atoms with van der Waals surface area (Å²) in [5.74, 6) is 0.631. The highest BCUT2D eigenvalue weighted by molar-refractivity contribution is 6.31. The normalized spacial score (nSPS) is 11.3. The molecule has 21 heavy (non-hydrogen) atoms. The molecule has 1 aromatic heterocycles. The predicted molar refractivity (Wildman–Crippen MR) is 70.3 cm³/mol. The summed E-state index contributed by atoms with van der Waals surface area (Å²) >= 11 is 5.48. The van der Waals surface area contributed by atoms with Crippen LogP contribution in [-0.2, 0) is 6.18 Å². The Bertz CT molecular complexity index is 670. The van der Waals surface area contributed by atoms with Crippen LogP contribution in [0.1, 0.15) is 11.3 Å². The summed E-state index contributed by atoms with van der Waals surface area (Å²) in [5, 5.41) is 7.64. The zero-order valence-electron chi connectivity index (χ0n) is 10.6. The van der Waals surface area contributed by atoms with E-state index in [4.69, 9.17) is 16.1 Å². The third kappa shape index (κ3) is 3.88. The Morgan fingerprint density at radius 3 is 2.57 bits per heavy atom. The molecule has 5 nitrogen and oxygen atoms in total. The van der Waals surface area contributed by atoms with Crippen molar-refractivity contribution in [2.45, 2.75) is 13.1 Å². The van der Waals surface area contributed by atoms with Gasteiger partial charge >= 0.3 is 12.2 Å². The van der Waals surface area contributed by atoms with Crippen molar-refractivity contribution in [2.75, 3.05) is 10.6 Å². The van der Waals surface area contributed by atoms with Gasteiger partial charge in [0.1, 0.15) is 5.76 Å². The highest BCUT2D eigenvalue weighted by atomic mass is 35.5. The topological polar surface area (TPSA) is 67.2 Å². The average Bonchev–Trinajstić information content (AvgIpc) is 2.75. The maximum atomic E-state index is 12.7. The van der Waals surface area contributed by atoms with Gasteiger partial charge in [0.15, 0.2) is 5.82 Å². The molecule has 0 atom stereocenters. The largest absolute Gasteiger partial charge is 0.417 e. The second-order valence-corrected chi connectivity index (χ2v) is 4.50. The second kappa shape index (κ2) is 5.65. The zero-order valence-corrected chi connectivity index (χ0v) is 11.3. The fourth-order valence-corrected chi connectivity index (χ4v) is 1.75. The third-order valence-corrected chi connectivity index (χ3v) is 2.73. The Balaban J connectivity index is 2.11. The molecule has 9 heteroatoms. The summed E-state index contributed by atoms with van der Waals surface area (Å²) in [4.78, 5) is 11.6. The molecule has 0 saturated heterocycles. The number of nitrogens with zero attached hydrogens (tertiary/aromatic N) is 1. The number of aryl methyl sites for hydroxylation is 1. The molecular weight excluding hydrogens is 311 g/mol. The van der Waals surface area contributed by atoms with Gasteiger partial charge in [-0.25, -0.2) is 4.79 Å². The molecule has 0 radical (unpaired) electrons. The molecular formula is C12H9ClF3N3O2. The van der Waals surface area contributed by atoms with E-state index in [1.807, 2.05) is 0 Å². The molecule has 2 amide bonds. The van der Waals surface area contributed by atoms with Crippen LogP contribution in [0.4, 0.5) is 29.5 Å². The molecule has 0 saturated carbocycles. The van der Waals surface area contributed by atoms with Crippen LogP contribution >= 0.6 is 11.6 Å². The molecule has 0 aliphatic heterocycles. The molecule has 0 aliphatic rings. The standard InChI is InChI=1S/C12H9ClF3N3O2/c1-6-4-10(19-21-6)18-11(20)17-7-2-3-9(13)8(5-7)12(14,15)16/h2-5H,1H3,(H2,17,18,19,20). The van der Waals surface area contributed by atoms with Crippen molar-refractivity contribution in [3.63, 3.8) is 0 Å². The summed E-state index contributed by atoms with van der Waals surface area (Å²) in [7, 11) is 0. The van der Waals surface area contributed by atoms with Gasteiger partial charge in [-0.15, -0.1) is 0 Å². The Morgan fingerprint density at radius 1 is 1.29 bits per heavy atom. The molecule has 2 rings (SSSR count). The lowest BCUT2D eigenvalue weighted by Gasteiger charge is -2.11. The first-order valence-corrected chi connectivity index (χ1v) is 6.01. The van der Waals surface area contributed by atoms with Gasteiger partial charge in [-0.3, -0.25) is 5.32 Å². The number of carbonyl (C=O) groups is 1. The SMILES string of the molecule is Cc1cc(NC(=O)Nc2ccc(Cl)c(C(F)(F)F)c2)no1. The first-order valence-electron chi connectivity index (χ1n) is 5.64. The van der Waals surface area contributed by atoms with E-state index in [2.05, 4.69) is 15.8 Å². The maximum absolute atomic E-state index is 12.7. The van der Waals surface area contributed by atoms with Crippen LogP contribution in [0.3, 0.4) is 0 Å². The Hall–Kier alpha value is -2.22. The van der Waals surface area contributed by atoms with Gasteiger partial charge < -0.3 is 9.84 Å². The predicted octanol–water partition coefficient (Wildman–Crippen LogP) is 4.30. The number of amides is 2. The van der Waals surface area contributed by atoms with Gasteiger partial charge in [0.05, 0.1) is 10.6 Å². The summed E-state index contributed by atoms with van der Waals surface area (Å²) in [6.45, 7) is 1.63. The molecule has 112 valence electrons. The van der Waals surface area contributed by atoms with Crippen LogP contribution in [0.25, 0.3) is 0 Å². The number of nitrogens with one attached hydrogen (secondary N) is 2. The monoisotopic (exact) mass is 319 g/mol. The lowest BCUT2D eigenvalue weighted by molar-refractivity contribution is -0.137. The highest BCUT2D eigenvalue weighted by Crippen LogP contribution is 2.36. The van der Waals surface area contributed by atoms with E-state index in [1.54, 1.807) is 6.92 Å². The van der Waals surface area contributed by atoms with Crippen molar-refractivity contribution in [2.24, 2.45) is 0 Å². The fraction of sp³-hybridized carbons (Fsp3) is 0.167. The van der Waals surface area contributed by atoms with E-state index in [1.165, 1.54) is 12.1 Å². The van der Waals surface area contributed by atoms with E-state index in [0.29, 0.717) is 5.76 Å². The molecule has 2 aromatic rings. The van der Waals surface area contributed by atoms with Crippen molar-refractivity contribution in [1.82, 2.24) is 5.16 Å². The number of anilines is 2. The van der Waals surface area contributed by atoms with E-state index in [-0.39, 0.29) is 11.5 Å². The molecule has 1 heterocycles. The lowest BCUT2D eigenvalue weighted by atomic mass is 10.2. The molecule has 0 unspecified atom stereocenters. The van der Waals surface area contributed by atoms with Crippen LogP contribution in [0, 0.1) is 6.92 Å². The van der Waals surface area contributed by atoms with Crippen molar-refractivity contribution in [3.8, 4) is 0 Å². The Morgan fingerprint density at radius 2 is 2.00 bits per heavy atom. The number of carbonyl (C=O) groups excluding carboxylic acids is 1. The number of halogens is 4. The minimum Gasteiger partial charge on any atom is -0.360 e. The molecule has 1 aromatic carbocycles. The second-order valence-electron chi connectivity index (χ2n) is 4.09. The zero-order chi connectivity index (χ0) is 15.6. The van der Waals surface area contributed by atoms with Crippen molar-refractivity contribution in [1.29, 1.82) is 0 Å². The van der Waals surface area contributed by atoms with Gasteiger partial charge in [-0.05, 0) is 25.1 Å². The number of aromatic nitrogens is 1. The van der Waals surface area contributed by atoms with Crippen LogP contribution in [0.5, 0.6) is 0 Å². The number of rotatable bonds is 2. The maximum Gasteiger partial charge on any atom is 0.417 e. The van der Waals surface area contributed by atoms with Crippen LogP contribution in [-0.4, -0.2) is 11.2 Å². The fourth-order valence-electron chi connectivity index (χ4n) is 1.52. The molecule has 0 fully saturated rings. The van der Waals surface area contributed by atoms with E-state index in [9.17, 15) is 18.0 Å². The average molecular weight is 320 g/mol. The number of urea groups is 1. The van der Waals surface area contributed by atoms with Crippen molar-refractivity contribution < 1.29 is 22.5 Å². The van der Waals surface area contributed by atoms with Gasteiger partial charge in [0.2, 0.25) is 0 Å². The van der Waals surface area contributed by atoms with Crippen LogP contribution < -0.4 is 10.6 Å². The van der Waals surface area contributed by atoms with Gasteiger partial charge in [0, 0.05) is 11.8 Å². The highest BCUT2D eigenvalue weighted by Gasteiger charge is 2.33. The minimum atomic E-state index is -4.60. The summed E-state index contributed by atoms with van der Waals surface area (Å²) in [6.07, 6.45) is -4.60. The van der Waals surface area contributed by atoms with Crippen LogP contribution in [0.15, 0.2) is 28.8 Å². The smallest absolute Gasteiger partial charge is 0.360 e. The van der Waals surface area contributed by atoms with E-state index in [0.717, 1.165) is 12.1 Å². The van der Waals surface area contributed by atoms with E-state index < -0.39 is 22.8 Å². The summed E-state index contributed by atoms with van der Waals surface area (Å²) in [5.41, 5.74) is -1.08. The molecule has 0 spiro atoms. The number of alkyl halides is 3. The van der Waals surface area contributed by atoms with Gasteiger partial charge in [-0.2, -0.15) is 13.2 Å². The number of benzene rings is 1. The van der Waals surface area contributed by atoms with Crippen molar-refractivity contribution in [3.05, 3.63) is 40.6 Å². The number of hydrogen-bond acceptors (Lipinski definition) is 3. The van der Waals surface area contributed by atoms with Gasteiger partial charge in [-0.1, -0.05) is 16.8 Å². The first kappa shape index (κ1) is 15.2. The Labute approximate surface area is 122 Å². The molecule has 0 bridgehead atoms. The van der Waals surface area contributed by atoms with Crippen LogP contribution in [0.2, 0.25) is 5.02 Å². The van der Waals surface area contributed by atoms with Gasteiger partial charge in [0.25, 0.3) is 0 Å². The number of hydrogen-bond donors (Lipinski definition) is 2. The summed E-state index contributed by atoms with van der Waals surface area (Å²) in [6, 6.07) is 3.77. The minimum absolute atomic E-state index is 0.0514. The third-order valence-electron chi connectivity index (χ3n) is 2.40. The van der Waals surface area contributed by atoms with Crippen molar-refractivity contribution >= 4 is 29.1 Å².